The summed E-state index contributed by atoms with van der Waals surface area (Å²) in [5.74, 6) is 1.56. The van der Waals surface area contributed by atoms with Crippen LogP contribution in [0, 0.1) is 0 Å². The number of pyridine rings is 1. The minimum atomic E-state index is 0.358. The zero-order chi connectivity index (χ0) is 20.2. The topological polar surface area (TPSA) is 68.4 Å². The second kappa shape index (κ2) is 8.86. The second-order valence-electron chi connectivity index (χ2n) is 6.52. The Balaban J connectivity index is 1.80. The number of hydrogen-bond donors (Lipinski definition) is 0. The van der Waals surface area contributed by atoms with Crippen LogP contribution in [0.3, 0.4) is 0 Å². The molecule has 150 valence electrons. The number of nitrogens with zero attached hydrogens (tertiary/aromatic N) is 6. The number of benzene rings is 1. The molecule has 0 N–H and O–H groups in total. The zero-order valence-electron chi connectivity index (χ0n) is 16.9. The summed E-state index contributed by atoms with van der Waals surface area (Å²) >= 11 is 1.71. The molecular weight excluding hydrogens is 384 g/mol. The molecule has 1 aromatic carbocycles. The van der Waals surface area contributed by atoms with Gasteiger partial charge in [-0.2, -0.15) is 5.06 Å². The lowest BCUT2D eigenvalue weighted by Crippen LogP contribution is -2.24. The van der Waals surface area contributed by atoms with Crippen LogP contribution in [0.15, 0.2) is 52.5 Å². The Bertz CT molecular complexity index is 1010. The maximum Gasteiger partial charge on any atom is 0.165 e. The Morgan fingerprint density at radius 2 is 2.00 bits per heavy atom. The number of aliphatic imine (C=N–C) groups is 1. The van der Waals surface area contributed by atoms with E-state index < -0.39 is 0 Å². The third-order valence-electron chi connectivity index (χ3n) is 4.86. The molecule has 1 aliphatic rings. The minimum absolute atomic E-state index is 0.358. The first-order valence-electron chi connectivity index (χ1n) is 9.70. The summed E-state index contributed by atoms with van der Waals surface area (Å²) in [5, 5.41) is 10.7. The van der Waals surface area contributed by atoms with Gasteiger partial charge in [0.05, 0.1) is 17.1 Å². The third-order valence-corrected chi connectivity index (χ3v) is 5.59. The van der Waals surface area contributed by atoms with Gasteiger partial charge in [0.2, 0.25) is 0 Å². The highest BCUT2D eigenvalue weighted by molar-refractivity contribution is 7.98. The average Bonchev–Trinajstić information content (AvgIpc) is 3.10. The normalized spacial score (nSPS) is 13.0. The first-order valence-corrected chi connectivity index (χ1v) is 10.9. The summed E-state index contributed by atoms with van der Waals surface area (Å²) in [7, 11) is 0. The van der Waals surface area contributed by atoms with Crippen molar-refractivity contribution < 1.29 is 4.84 Å². The first kappa shape index (κ1) is 19.8. The van der Waals surface area contributed by atoms with E-state index >= 15 is 0 Å². The van der Waals surface area contributed by atoms with E-state index in [0.717, 1.165) is 47.4 Å². The quantitative estimate of drug-likeness (QED) is 0.440. The van der Waals surface area contributed by atoms with E-state index in [1.54, 1.807) is 18.0 Å². The van der Waals surface area contributed by atoms with Crippen molar-refractivity contribution in [2.45, 2.75) is 31.9 Å². The summed E-state index contributed by atoms with van der Waals surface area (Å²) in [6.45, 7) is 6.57. The fourth-order valence-corrected chi connectivity index (χ4v) is 3.81. The van der Waals surface area contributed by atoms with Crippen LogP contribution in [-0.2, 0) is 18.0 Å². The van der Waals surface area contributed by atoms with Crippen molar-refractivity contribution in [3.63, 3.8) is 0 Å². The molecule has 0 radical (unpaired) electrons. The van der Waals surface area contributed by atoms with E-state index in [1.807, 2.05) is 23.3 Å². The number of hydroxylamine groups is 2. The summed E-state index contributed by atoms with van der Waals surface area (Å²) in [6.07, 6.45) is 3.87. The predicted octanol–water partition coefficient (Wildman–Crippen LogP) is 3.51. The van der Waals surface area contributed by atoms with Crippen LogP contribution in [0.25, 0.3) is 5.69 Å². The Morgan fingerprint density at radius 1 is 1.14 bits per heavy atom. The number of aromatic nitrogens is 4. The van der Waals surface area contributed by atoms with Crippen molar-refractivity contribution in [1.82, 2.24) is 24.8 Å². The molecule has 0 fully saturated rings. The molecule has 0 spiro atoms. The molecule has 0 atom stereocenters. The van der Waals surface area contributed by atoms with E-state index in [9.17, 15) is 0 Å². The molecule has 0 bridgehead atoms. The Hall–Kier alpha value is -2.55. The van der Waals surface area contributed by atoms with Gasteiger partial charge in [-0.15, -0.1) is 22.0 Å². The summed E-state index contributed by atoms with van der Waals surface area (Å²) in [5.41, 5.74) is 3.75. The van der Waals surface area contributed by atoms with Crippen LogP contribution in [-0.4, -0.2) is 49.9 Å². The molecule has 0 aliphatic carbocycles. The van der Waals surface area contributed by atoms with Gasteiger partial charge in [-0.3, -0.25) is 19.4 Å². The number of rotatable bonds is 7. The highest BCUT2D eigenvalue weighted by Gasteiger charge is 2.24. The summed E-state index contributed by atoms with van der Waals surface area (Å²) < 4.78 is 2.07. The van der Waals surface area contributed by atoms with Gasteiger partial charge in [0.1, 0.15) is 13.2 Å². The first-order chi connectivity index (χ1) is 14.2. The predicted molar refractivity (Wildman–Crippen MR) is 114 cm³/mol. The Labute approximate surface area is 174 Å². The van der Waals surface area contributed by atoms with Gasteiger partial charge in [-0.05, 0) is 36.6 Å². The SMILES string of the molecule is CCN(CC)OCc1nnc2n1-c1ccc(SC)cc1C(c1ccccn1)=NC2. The molecule has 0 saturated carbocycles. The molecule has 4 rings (SSSR count). The van der Waals surface area contributed by atoms with Crippen LogP contribution in [0.2, 0.25) is 0 Å². The van der Waals surface area contributed by atoms with Crippen LogP contribution in [0.5, 0.6) is 0 Å². The molecule has 29 heavy (non-hydrogen) atoms. The molecule has 3 aromatic rings. The van der Waals surface area contributed by atoms with Crippen molar-refractivity contribution in [2.75, 3.05) is 19.3 Å². The zero-order valence-corrected chi connectivity index (χ0v) is 17.7. The third kappa shape index (κ3) is 3.96. The Morgan fingerprint density at radius 3 is 2.72 bits per heavy atom. The van der Waals surface area contributed by atoms with Crippen LogP contribution in [0.4, 0.5) is 0 Å². The van der Waals surface area contributed by atoms with Gasteiger partial charge < -0.3 is 0 Å². The molecular formula is C21H24N6OS. The van der Waals surface area contributed by atoms with Crippen molar-refractivity contribution in [1.29, 1.82) is 0 Å². The molecule has 3 heterocycles. The average molecular weight is 409 g/mol. The van der Waals surface area contributed by atoms with Crippen LogP contribution < -0.4 is 0 Å². The number of fused-ring (bicyclic) bond motifs is 3. The standard InChI is InChI=1S/C21H24N6OS/c1-4-26(5-2)28-14-20-25-24-19-13-23-21(17-8-6-7-11-22-17)16-12-15(29-3)9-10-18(16)27(19)20/h6-12H,4-5,13-14H2,1-3H3. The highest BCUT2D eigenvalue weighted by Crippen LogP contribution is 2.29. The van der Waals surface area contributed by atoms with Crippen molar-refractivity contribution in [2.24, 2.45) is 4.99 Å². The van der Waals surface area contributed by atoms with E-state index in [2.05, 4.69) is 58.1 Å². The smallest absolute Gasteiger partial charge is 0.165 e. The van der Waals surface area contributed by atoms with Gasteiger partial charge in [0, 0.05) is 29.7 Å². The summed E-state index contributed by atoms with van der Waals surface area (Å²) in [4.78, 5) is 16.5. The lowest BCUT2D eigenvalue weighted by Gasteiger charge is -2.18. The van der Waals surface area contributed by atoms with Gasteiger partial charge in [-0.1, -0.05) is 19.9 Å². The van der Waals surface area contributed by atoms with Crippen LogP contribution in [0.1, 0.15) is 36.8 Å². The Kier molecular flexibility index (Phi) is 6.03. The molecule has 1 aliphatic heterocycles. The maximum absolute atomic E-state index is 5.92. The molecule has 0 saturated heterocycles. The monoisotopic (exact) mass is 408 g/mol. The fourth-order valence-electron chi connectivity index (χ4n) is 3.37. The van der Waals surface area contributed by atoms with E-state index in [4.69, 9.17) is 9.83 Å². The van der Waals surface area contributed by atoms with Crippen molar-refractivity contribution in [3.05, 3.63) is 65.5 Å². The minimum Gasteiger partial charge on any atom is -0.291 e. The second-order valence-corrected chi connectivity index (χ2v) is 7.40. The molecule has 0 amide bonds. The summed E-state index contributed by atoms with van der Waals surface area (Å²) in [6, 6.07) is 12.3. The molecule has 8 heteroatoms. The number of hydrogen-bond acceptors (Lipinski definition) is 7. The van der Waals surface area contributed by atoms with E-state index in [1.165, 1.54) is 4.90 Å². The van der Waals surface area contributed by atoms with Gasteiger partial charge in [0.25, 0.3) is 0 Å². The van der Waals surface area contributed by atoms with E-state index in [0.29, 0.717) is 13.2 Å². The maximum atomic E-state index is 5.92. The fraction of sp³-hybridized carbons (Fsp3) is 0.333. The highest BCUT2D eigenvalue weighted by atomic mass is 32.2. The molecule has 0 unspecified atom stereocenters. The molecule has 2 aromatic heterocycles. The largest absolute Gasteiger partial charge is 0.291 e. The van der Waals surface area contributed by atoms with E-state index in [-0.39, 0.29) is 0 Å². The van der Waals surface area contributed by atoms with Gasteiger partial charge >= 0.3 is 0 Å². The lowest BCUT2D eigenvalue weighted by molar-refractivity contribution is -0.165. The lowest BCUT2D eigenvalue weighted by atomic mass is 10.0. The van der Waals surface area contributed by atoms with Crippen molar-refractivity contribution >= 4 is 17.5 Å². The number of thioether (sulfide) groups is 1. The van der Waals surface area contributed by atoms with Crippen LogP contribution >= 0.6 is 11.8 Å². The molecule has 7 nitrogen and oxygen atoms in total. The van der Waals surface area contributed by atoms with Gasteiger partial charge in [0.15, 0.2) is 11.6 Å². The van der Waals surface area contributed by atoms with Crippen molar-refractivity contribution in [3.8, 4) is 5.69 Å². The van der Waals surface area contributed by atoms with Gasteiger partial charge in [-0.25, -0.2) is 0 Å².